The lowest BCUT2D eigenvalue weighted by Crippen LogP contribution is -2.65. The van der Waals surface area contributed by atoms with E-state index in [0.29, 0.717) is 17.8 Å². The van der Waals surface area contributed by atoms with E-state index in [4.69, 9.17) is 23.7 Å². The number of cyclic esters (lactones) is 1. The van der Waals surface area contributed by atoms with Crippen molar-refractivity contribution in [1.29, 1.82) is 0 Å². The van der Waals surface area contributed by atoms with Gasteiger partial charge in [0.05, 0.1) is 11.7 Å². The molecular weight excluding hydrogens is 686 g/mol. The lowest BCUT2D eigenvalue weighted by Gasteiger charge is -2.61. The maximum atomic E-state index is 13.6. The number of hydrogen-bond acceptors (Lipinski definition) is 13. The van der Waals surface area contributed by atoms with Gasteiger partial charge in [0.15, 0.2) is 6.10 Å². The first-order valence-corrected chi connectivity index (χ1v) is 18.7. The summed E-state index contributed by atoms with van der Waals surface area (Å²) in [6, 6.07) is 3.35. The number of aromatic nitrogens is 1. The van der Waals surface area contributed by atoms with Crippen LogP contribution in [0.15, 0.2) is 42.1 Å². The summed E-state index contributed by atoms with van der Waals surface area (Å²) >= 11 is 0. The lowest BCUT2D eigenvalue weighted by atomic mass is 9.46. The van der Waals surface area contributed by atoms with Crippen LogP contribution in [0.4, 0.5) is 0 Å². The quantitative estimate of drug-likeness (QED) is 0.123. The second kappa shape index (κ2) is 16.8. The van der Waals surface area contributed by atoms with Crippen LogP contribution in [-0.4, -0.2) is 139 Å². The van der Waals surface area contributed by atoms with Crippen molar-refractivity contribution in [2.24, 2.45) is 41.4 Å². The highest BCUT2D eigenvalue weighted by Gasteiger charge is 2.71. The van der Waals surface area contributed by atoms with Crippen LogP contribution in [-0.2, 0) is 38.1 Å². The summed E-state index contributed by atoms with van der Waals surface area (Å²) in [5.41, 5.74) is -0.581. The number of esters is 4. The number of fused-ring (bicyclic) bond motifs is 6. The number of rotatable bonds is 12. The van der Waals surface area contributed by atoms with Crippen molar-refractivity contribution >= 4 is 23.9 Å². The fourth-order valence-corrected chi connectivity index (χ4v) is 8.99. The normalized spacial score (nSPS) is 36.6. The van der Waals surface area contributed by atoms with E-state index in [1.165, 1.54) is 14.0 Å². The predicted octanol–water partition coefficient (Wildman–Crippen LogP) is 2.22. The zero-order valence-electron chi connectivity index (χ0n) is 32.1. The number of nitrogens with one attached hydrogen (secondary N) is 1. The van der Waals surface area contributed by atoms with Crippen LogP contribution in [0.3, 0.4) is 0 Å². The second-order valence-electron chi connectivity index (χ2n) is 15.4. The third kappa shape index (κ3) is 8.12. The van der Waals surface area contributed by atoms with Crippen molar-refractivity contribution in [3.8, 4) is 0 Å². The SMILES string of the molecule is CCN(C)CCN(C)CCOC(=O)C(=O)O[C@H](C)[C@H]1OC(=O)[C@@H](OC)C[C@H]2C=CC3C(C4[C@H]3[C@H](OC(=O)c3ccc[nH]3)[C@H](C)[C@H]4O)[C@]2(O)/C(C)=C/[C@H]1C. The molecule has 0 aromatic carbocycles. The number of methoxy groups -OCH3 is 1. The number of aromatic amines is 1. The van der Waals surface area contributed by atoms with Gasteiger partial charge in [-0.3, -0.25) is 0 Å². The van der Waals surface area contributed by atoms with Gasteiger partial charge < -0.3 is 48.7 Å². The summed E-state index contributed by atoms with van der Waals surface area (Å²) < 4.78 is 28.2. The van der Waals surface area contributed by atoms with Gasteiger partial charge in [0.2, 0.25) is 0 Å². The molecule has 2 heterocycles. The molecule has 1 aliphatic heterocycles. The van der Waals surface area contributed by atoms with Crippen LogP contribution in [0.2, 0.25) is 0 Å². The molecule has 3 N–H and O–H groups in total. The van der Waals surface area contributed by atoms with Crippen LogP contribution in [0.1, 0.15) is 51.5 Å². The Morgan fingerprint density at radius 3 is 2.47 bits per heavy atom. The fraction of sp³-hybridized carbons (Fsp3) is 0.692. The molecule has 13 atom stereocenters. The van der Waals surface area contributed by atoms with Crippen LogP contribution in [0.25, 0.3) is 0 Å². The molecule has 2 saturated carbocycles. The molecule has 0 radical (unpaired) electrons. The summed E-state index contributed by atoms with van der Waals surface area (Å²) in [7, 11) is 5.30. The molecular formula is C39H57N3O11. The lowest BCUT2D eigenvalue weighted by molar-refractivity contribution is -0.190. The summed E-state index contributed by atoms with van der Waals surface area (Å²) in [5.74, 6) is -6.35. The number of nitrogens with zero attached hydrogens (tertiary/aromatic N) is 2. The standard InChI is InChI=1S/C39H57N3O11/c1-9-41(6)15-16-42(7)17-18-50-37(46)38(47)51-24(5)33-21(2)19-22(3)39(48)25(20-28(49-8)36(45)52-33)12-13-26-29-30(31(26)39)32(43)23(4)34(29)53-35(44)27-11-10-14-40-27/h10-14,19,21,23-26,28-34,40,43,48H,9,15-18,20H2,1-8H3/b22-19+/t21-,23-,24-,25-,26?,28+,29+,30?,31?,32-,33+,34-,39+/m1/s1. The summed E-state index contributed by atoms with van der Waals surface area (Å²) in [4.78, 5) is 59.0. The Bertz CT molecular complexity index is 1530. The van der Waals surface area contributed by atoms with Crippen molar-refractivity contribution in [2.75, 3.05) is 54.0 Å². The van der Waals surface area contributed by atoms with Crippen molar-refractivity contribution < 1.29 is 53.1 Å². The van der Waals surface area contributed by atoms with Crippen LogP contribution in [0, 0.1) is 41.4 Å². The van der Waals surface area contributed by atoms with Crippen LogP contribution in [0.5, 0.6) is 0 Å². The van der Waals surface area contributed by atoms with Crippen molar-refractivity contribution in [2.45, 2.75) is 77.2 Å². The Morgan fingerprint density at radius 2 is 1.81 bits per heavy atom. The van der Waals surface area contributed by atoms with E-state index in [-0.39, 0.29) is 36.7 Å². The molecule has 0 spiro atoms. The molecule has 294 valence electrons. The minimum Gasteiger partial charge on any atom is -0.457 e. The van der Waals surface area contributed by atoms with E-state index in [9.17, 15) is 29.4 Å². The Labute approximate surface area is 311 Å². The molecule has 2 fully saturated rings. The minimum absolute atomic E-state index is 0.00254. The monoisotopic (exact) mass is 743 g/mol. The Balaban J connectivity index is 1.32. The number of carbonyl (C=O) groups excluding carboxylic acids is 4. The van der Waals surface area contributed by atoms with Crippen LogP contribution < -0.4 is 0 Å². The van der Waals surface area contributed by atoms with E-state index in [1.807, 2.05) is 51.1 Å². The van der Waals surface area contributed by atoms with Crippen molar-refractivity contribution in [3.63, 3.8) is 0 Å². The van der Waals surface area contributed by atoms with E-state index in [2.05, 4.69) is 16.8 Å². The number of hydrogen-bond donors (Lipinski definition) is 3. The first-order chi connectivity index (χ1) is 25.1. The highest BCUT2D eigenvalue weighted by molar-refractivity contribution is 6.29. The average Bonchev–Trinajstić information content (AvgIpc) is 3.72. The van der Waals surface area contributed by atoms with Gasteiger partial charge >= 0.3 is 23.9 Å². The number of aliphatic hydroxyl groups is 2. The average molecular weight is 744 g/mol. The number of H-pyrrole nitrogens is 1. The molecule has 0 saturated heterocycles. The molecule has 53 heavy (non-hydrogen) atoms. The Kier molecular flexibility index (Phi) is 12.9. The van der Waals surface area contributed by atoms with Gasteiger partial charge in [-0.05, 0) is 70.5 Å². The minimum atomic E-state index is -1.50. The van der Waals surface area contributed by atoms with Gasteiger partial charge in [0.1, 0.15) is 30.6 Å². The Morgan fingerprint density at radius 1 is 1.09 bits per heavy atom. The van der Waals surface area contributed by atoms with Crippen molar-refractivity contribution in [3.05, 3.63) is 47.8 Å². The molecule has 0 amide bonds. The fourth-order valence-electron chi connectivity index (χ4n) is 8.99. The molecule has 3 aliphatic carbocycles. The molecule has 1 aromatic rings. The molecule has 1 aromatic heterocycles. The summed E-state index contributed by atoms with van der Waals surface area (Å²) in [6.45, 7) is 12.0. The maximum absolute atomic E-state index is 13.6. The Hall–Kier alpha value is -3.56. The van der Waals surface area contributed by atoms with E-state index >= 15 is 0 Å². The molecule has 14 heteroatoms. The zero-order chi connectivity index (χ0) is 38.8. The second-order valence-corrected chi connectivity index (χ2v) is 15.4. The van der Waals surface area contributed by atoms with Crippen molar-refractivity contribution in [1.82, 2.24) is 14.8 Å². The van der Waals surface area contributed by atoms with E-state index in [1.54, 1.807) is 25.3 Å². The molecule has 3 unspecified atom stereocenters. The zero-order valence-corrected chi connectivity index (χ0v) is 32.1. The smallest absolute Gasteiger partial charge is 0.417 e. The highest BCUT2D eigenvalue weighted by atomic mass is 16.6. The van der Waals surface area contributed by atoms with Crippen LogP contribution >= 0.6 is 0 Å². The van der Waals surface area contributed by atoms with Gasteiger partial charge in [-0.2, -0.15) is 0 Å². The number of likely N-dealkylation sites (N-methyl/N-ethyl adjacent to an activating group) is 2. The molecule has 5 rings (SSSR count). The first kappa shape index (κ1) is 40.6. The number of allylic oxidation sites excluding steroid dienone is 1. The summed E-state index contributed by atoms with van der Waals surface area (Å²) in [5, 5.41) is 24.5. The van der Waals surface area contributed by atoms with Gasteiger partial charge in [0, 0.05) is 62.5 Å². The van der Waals surface area contributed by atoms with E-state index in [0.717, 1.165) is 19.6 Å². The molecule has 14 nitrogen and oxygen atoms in total. The highest BCUT2D eigenvalue weighted by Crippen LogP contribution is 2.66. The maximum Gasteiger partial charge on any atom is 0.417 e. The number of aliphatic hydroxyl groups excluding tert-OH is 1. The third-order valence-corrected chi connectivity index (χ3v) is 12.2. The molecule has 0 bridgehead atoms. The van der Waals surface area contributed by atoms with Gasteiger partial charge in [0.25, 0.3) is 0 Å². The van der Waals surface area contributed by atoms with E-state index < -0.39 is 77.8 Å². The predicted molar refractivity (Wildman–Crippen MR) is 192 cm³/mol. The van der Waals surface area contributed by atoms with Gasteiger partial charge in [-0.25, -0.2) is 19.2 Å². The summed E-state index contributed by atoms with van der Waals surface area (Å²) in [6.07, 6.45) is 2.85. The van der Waals surface area contributed by atoms with Gasteiger partial charge in [-0.15, -0.1) is 0 Å². The number of ether oxygens (including phenoxy) is 5. The largest absolute Gasteiger partial charge is 0.457 e. The third-order valence-electron chi connectivity index (χ3n) is 12.2. The topological polar surface area (TPSA) is 177 Å². The first-order valence-electron chi connectivity index (χ1n) is 18.7. The van der Waals surface area contributed by atoms with Gasteiger partial charge in [-0.1, -0.05) is 39.0 Å². The molecule has 4 aliphatic rings. The number of carbonyl (C=O) groups is 4.